The Morgan fingerprint density at radius 3 is 2.41 bits per heavy atom. The van der Waals surface area contributed by atoms with Crippen molar-refractivity contribution in [3.05, 3.63) is 63.1 Å². The van der Waals surface area contributed by atoms with E-state index in [2.05, 4.69) is 10.5 Å². The van der Waals surface area contributed by atoms with E-state index in [9.17, 15) is 4.79 Å². The Hall–Kier alpha value is -1.83. The number of amides is 1. The fraction of sp³-hybridized carbons (Fsp3) is 0.300. The first-order valence-corrected chi connectivity index (χ1v) is 10.4. The molecular formula is C20H19Cl3N4O2. The van der Waals surface area contributed by atoms with Crippen molar-refractivity contribution in [2.24, 2.45) is 5.10 Å². The van der Waals surface area contributed by atoms with E-state index in [1.165, 1.54) is 0 Å². The van der Waals surface area contributed by atoms with Gasteiger partial charge in [-0.15, -0.1) is 0 Å². The minimum atomic E-state index is -0.224. The number of morpholine rings is 1. The Labute approximate surface area is 183 Å². The van der Waals surface area contributed by atoms with Crippen LogP contribution in [-0.4, -0.2) is 42.9 Å². The van der Waals surface area contributed by atoms with Crippen LogP contribution in [0.4, 0.5) is 5.69 Å². The van der Waals surface area contributed by atoms with Gasteiger partial charge < -0.3 is 4.74 Å². The molecule has 4 rings (SSSR count). The summed E-state index contributed by atoms with van der Waals surface area (Å²) in [6, 6.07) is 12.6. The first-order valence-electron chi connectivity index (χ1n) is 9.22. The molecule has 6 nitrogen and oxygen atoms in total. The summed E-state index contributed by atoms with van der Waals surface area (Å²) in [5.41, 5.74) is 5.02. The number of halogens is 3. The number of nitrogens with one attached hydrogen (secondary N) is 1. The molecule has 9 heteroatoms. The van der Waals surface area contributed by atoms with Crippen LogP contribution in [0, 0.1) is 0 Å². The van der Waals surface area contributed by atoms with Crippen molar-refractivity contribution in [2.75, 3.05) is 31.3 Å². The van der Waals surface area contributed by atoms with Crippen LogP contribution in [0.25, 0.3) is 0 Å². The molecule has 0 unspecified atom stereocenters. The maximum absolute atomic E-state index is 12.8. The molecule has 2 aromatic carbocycles. The van der Waals surface area contributed by atoms with E-state index in [0.717, 1.165) is 5.56 Å². The van der Waals surface area contributed by atoms with Crippen molar-refractivity contribution in [1.82, 2.24) is 10.4 Å². The molecule has 29 heavy (non-hydrogen) atoms. The second kappa shape index (κ2) is 8.90. The molecule has 1 N–H and O–H groups in total. The molecule has 0 aromatic heterocycles. The predicted molar refractivity (Wildman–Crippen MR) is 116 cm³/mol. The third-order valence-corrected chi connectivity index (χ3v) is 5.64. The highest BCUT2D eigenvalue weighted by Crippen LogP contribution is 2.39. The monoisotopic (exact) mass is 452 g/mol. The zero-order valence-corrected chi connectivity index (χ0v) is 17.7. The summed E-state index contributed by atoms with van der Waals surface area (Å²) in [5.74, 6) is -0.224. The van der Waals surface area contributed by atoms with Crippen LogP contribution in [0.2, 0.25) is 15.1 Å². The fourth-order valence-corrected chi connectivity index (χ4v) is 3.99. The molecule has 0 spiro atoms. The van der Waals surface area contributed by atoms with Crippen LogP contribution in [0.1, 0.15) is 18.0 Å². The van der Waals surface area contributed by atoms with Crippen LogP contribution in [-0.2, 0) is 9.53 Å². The molecule has 0 saturated carbocycles. The van der Waals surface area contributed by atoms with Gasteiger partial charge in [-0.05, 0) is 35.9 Å². The largest absolute Gasteiger partial charge is 0.379 e. The van der Waals surface area contributed by atoms with Gasteiger partial charge in [0.25, 0.3) is 5.91 Å². The topological polar surface area (TPSA) is 57.2 Å². The average Bonchev–Trinajstić information content (AvgIpc) is 3.14. The standard InChI is InChI=1S/C20H19Cl3N4O2/c21-14-3-1-13(2-4-14)19-12-17(20(28)25-26-7-9-29-10-8-26)24-27(19)18-6-5-15(22)11-16(18)23/h1-6,11,19H,7-10,12H2,(H,25,28)/t19-/m0/s1. The van der Waals surface area contributed by atoms with Crippen LogP contribution in [0.3, 0.4) is 0 Å². The van der Waals surface area contributed by atoms with Crippen molar-refractivity contribution in [3.63, 3.8) is 0 Å². The number of hydrogen-bond donors (Lipinski definition) is 1. The number of hydrogen-bond acceptors (Lipinski definition) is 5. The lowest BCUT2D eigenvalue weighted by Crippen LogP contribution is -2.50. The Morgan fingerprint density at radius 2 is 1.72 bits per heavy atom. The van der Waals surface area contributed by atoms with Crippen molar-refractivity contribution < 1.29 is 9.53 Å². The lowest BCUT2D eigenvalue weighted by Gasteiger charge is -2.26. The average molecular weight is 454 g/mol. The van der Waals surface area contributed by atoms with Crippen molar-refractivity contribution in [2.45, 2.75) is 12.5 Å². The number of nitrogens with zero attached hydrogens (tertiary/aromatic N) is 3. The van der Waals surface area contributed by atoms with Crippen LogP contribution in [0.5, 0.6) is 0 Å². The van der Waals surface area contributed by atoms with Gasteiger partial charge in [-0.3, -0.25) is 15.2 Å². The first-order chi connectivity index (χ1) is 14.0. The van der Waals surface area contributed by atoms with Gasteiger partial charge in [0.05, 0.1) is 30.0 Å². The number of anilines is 1. The summed E-state index contributed by atoms with van der Waals surface area (Å²) in [6.07, 6.45) is 0.441. The highest BCUT2D eigenvalue weighted by molar-refractivity contribution is 6.40. The smallest absolute Gasteiger partial charge is 0.281 e. The molecular weight excluding hydrogens is 435 g/mol. The summed E-state index contributed by atoms with van der Waals surface area (Å²) < 4.78 is 5.32. The minimum absolute atomic E-state index is 0.184. The summed E-state index contributed by atoms with van der Waals surface area (Å²) in [6.45, 7) is 2.47. The quantitative estimate of drug-likeness (QED) is 0.749. The number of benzene rings is 2. The van der Waals surface area contributed by atoms with Gasteiger partial charge in [0, 0.05) is 29.6 Å². The predicted octanol–water partition coefficient (Wildman–Crippen LogP) is 4.32. The van der Waals surface area contributed by atoms with Gasteiger partial charge in [0.2, 0.25) is 0 Å². The molecule has 2 aliphatic heterocycles. The lowest BCUT2D eigenvalue weighted by atomic mass is 10.0. The van der Waals surface area contributed by atoms with Gasteiger partial charge in [-0.25, -0.2) is 5.01 Å². The Bertz CT molecular complexity index is 930. The van der Waals surface area contributed by atoms with Crippen LogP contribution < -0.4 is 10.4 Å². The van der Waals surface area contributed by atoms with Crippen molar-refractivity contribution in [1.29, 1.82) is 0 Å². The van der Waals surface area contributed by atoms with E-state index in [1.807, 2.05) is 29.3 Å². The molecule has 0 radical (unpaired) electrons. The highest BCUT2D eigenvalue weighted by Gasteiger charge is 2.34. The van der Waals surface area contributed by atoms with Crippen LogP contribution in [0.15, 0.2) is 47.6 Å². The maximum Gasteiger partial charge on any atom is 0.281 e. The number of rotatable bonds is 4. The third-order valence-electron chi connectivity index (χ3n) is 4.85. The van der Waals surface area contributed by atoms with Gasteiger partial charge in [0.1, 0.15) is 5.71 Å². The molecule has 0 aliphatic carbocycles. The first kappa shape index (κ1) is 20.4. The summed E-state index contributed by atoms with van der Waals surface area (Å²) in [7, 11) is 0. The van der Waals surface area contributed by atoms with E-state index in [0.29, 0.717) is 59.2 Å². The number of hydrazine groups is 1. The highest BCUT2D eigenvalue weighted by atomic mass is 35.5. The van der Waals surface area contributed by atoms with E-state index >= 15 is 0 Å². The molecule has 2 aliphatic rings. The zero-order valence-electron chi connectivity index (χ0n) is 15.4. The molecule has 1 amide bonds. The molecule has 2 heterocycles. The van der Waals surface area contributed by atoms with Crippen molar-refractivity contribution >= 4 is 52.1 Å². The summed E-state index contributed by atoms with van der Waals surface area (Å²) in [4.78, 5) is 12.8. The van der Waals surface area contributed by atoms with E-state index < -0.39 is 0 Å². The number of ether oxygens (including phenoxy) is 1. The van der Waals surface area contributed by atoms with E-state index in [4.69, 9.17) is 39.5 Å². The SMILES string of the molecule is O=C(NN1CCOCC1)C1=NN(c2ccc(Cl)cc2Cl)[C@H](c2ccc(Cl)cc2)C1. The van der Waals surface area contributed by atoms with Gasteiger partial charge >= 0.3 is 0 Å². The summed E-state index contributed by atoms with van der Waals surface area (Å²) >= 11 is 18.5. The maximum atomic E-state index is 12.8. The molecule has 0 bridgehead atoms. The molecule has 1 saturated heterocycles. The molecule has 2 aromatic rings. The fourth-order valence-electron chi connectivity index (χ4n) is 3.36. The molecule has 1 atom stereocenters. The van der Waals surface area contributed by atoms with E-state index in [1.54, 1.807) is 23.2 Å². The van der Waals surface area contributed by atoms with E-state index in [-0.39, 0.29) is 11.9 Å². The van der Waals surface area contributed by atoms with Gasteiger partial charge in [0.15, 0.2) is 0 Å². The van der Waals surface area contributed by atoms with Crippen LogP contribution >= 0.6 is 34.8 Å². The molecule has 1 fully saturated rings. The Kier molecular flexibility index (Phi) is 6.27. The third kappa shape index (κ3) is 4.68. The second-order valence-electron chi connectivity index (χ2n) is 6.80. The number of hydrazone groups is 1. The summed E-state index contributed by atoms with van der Waals surface area (Å²) in [5, 5.41) is 9.89. The Morgan fingerprint density at radius 1 is 1.03 bits per heavy atom. The number of carbonyl (C=O) groups is 1. The zero-order chi connectivity index (χ0) is 20.4. The van der Waals surface area contributed by atoms with Crippen molar-refractivity contribution in [3.8, 4) is 0 Å². The van der Waals surface area contributed by atoms with Gasteiger partial charge in [-0.1, -0.05) is 46.9 Å². The number of carbonyl (C=O) groups excluding carboxylic acids is 1. The Balaban J connectivity index is 1.62. The second-order valence-corrected chi connectivity index (χ2v) is 8.08. The molecule has 152 valence electrons. The lowest BCUT2D eigenvalue weighted by molar-refractivity contribution is -0.121. The minimum Gasteiger partial charge on any atom is -0.379 e. The van der Waals surface area contributed by atoms with Gasteiger partial charge in [-0.2, -0.15) is 5.10 Å². The normalized spacial score (nSPS) is 19.9.